The Morgan fingerprint density at radius 1 is 1.24 bits per heavy atom. The number of hydrogen-bond donors (Lipinski definition) is 0. The number of carbonyl (C=O) groups is 2. The van der Waals surface area contributed by atoms with Gasteiger partial charge in [0.15, 0.2) is 0 Å². The summed E-state index contributed by atoms with van der Waals surface area (Å²) < 4.78 is 6.09. The lowest BCUT2D eigenvalue weighted by molar-refractivity contribution is 0.000613. The first-order valence-electron chi connectivity index (χ1n) is 8.37. The molecule has 1 aliphatic carbocycles. The lowest BCUT2D eigenvalue weighted by Gasteiger charge is -2.42. The summed E-state index contributed by atoms with van der Waals surface area (Å²) in [6.07, 6.45) is 1.49. The van der Waals surface area contributed by atoms with Crippen molar-refractivity contribution in [1.29, 1.82) is 0 Å². The summed E-state index contributed by atoms with van der Waals surface area (Å²) in [6, 6.07) is 5.29. The van der Waals surface area contributed by atoms with Gasteiger partial charge in [-0.15, -0.1) is 0 Å². The van der Waals surface area contributed by atoms with E-state index in [9.17, 15) is 9.59 Å². The molecule has 0 radical (unpaired) electrons. The molecule has 5 nitrogen and oxygen atoms in total. The van der Waals surface area contributed by atoms with Crippen LogP contribution >= 0.6 is 27.5 Å². The summed E-state index contributed by atoms with van der Waals surface area (Å²) in [5.74, 6) is -0.0456. The molecule has 0 bridgehead atoms. The zero-order valence-electron chi connectivity index (χ0n) is 14.6. The summed E-state index contributed by atoms with van der Waals surface area (Å²) in [5, 5.41) is 0.517. The largest absolute Gasteiger partial charge is 0.444 e. The number of halogens is 2. The van der Waals surface area contributed by atoms with Crippen LogP contribution in [0.3, 0.4) is 0 Å². The molecule has 136 valence electrons. The molecule has 25 heavy (non-hydrogen) atoms. The van der Waals surface area contributed by atoms with Crippen molar-refractivity contribution in [3.05, 3.63) is 33.3 Å². The van der Waals surface area contributed by atoms with Gasteiger partial charge in [0.05, 0.1) is 16.1 Å². The van der Waals surface area contributed by atoms with Crippen molar-refractivity contribution in [1.82, 2.24) is 9.80 Å². The predicted octanol–water partition coefficient (Wildman–Crippen LogP) is 4.33. The zero-order valence-corrected chi connectivity index (χ0v) is 17.0. The lowest BCUT2D eigenvalue weighted by atomic mass is 10.1. The van der Waals surface area contributed by atoms with Gasteiger partial charge >= 0.3 is 6.09 Å². The van der Waals surface area contributed by atoms with Crippen LogP contribution in [0.5, 0.6) is 0 Å². The van der Waals surface area contributed by atoms with Crippen molar-refractivity contribution < 1.29 is 14.3 Å². The van der Waals surface area contributed by atoms with Crippen molar-refractivity contribution in [3.63, 3.8) is 0 Å². The fraction of sp³-hybridized carbons (Fsp3) is 0.556. The molecule has 3 rings (SSSR count). The molecule has 1 aromatic rings. The molecule has 0 N–H and O–H groups in total. The first-order valence-corrected chi connectivity index (χ1v) is 9.54. The van der Waals surface area contributed by atoms with E-state index >= 15 is 0 Å². The molecule has 1 spiro atoms. The number of ether oxygens (including phenoxy) is 1. The molecule has 1 saturated carbocycles. The molecule has 1 aliphatic heterocycles. The maximum absolute atomic E-state index is 13.0. The van der Waals surface area contributed by atoms with Gasteiger partial charge in [0.25, 0.3) is 5.91 Å². The van der Waals surface area contributed by atoms with Gasteiger partial charge in [-0.3, -0.25) is 4.79 Å². The van der Waals surface area contributed by atoms with Crippen LogP contribution in [0, 0.1) is 0 Å². The van der Waals surface area contributed by atoms with Crippen LogP contribution < -0.4 is 0 Å². The SMILES string of the molecule is CC(C)(C)OC(=O)N1CCN(C(=O)c2cccc(Cl)c2Br)C2(CC2)C1. The Bertz CT molecular complexity index is 713. The molecule has 1 heterocycles. The van der Waals surface area contributed by atoms with Crippen LogP contribution in [0.1, 0.15) is 44.0 Å². The highest BCUT2D eigenvalue weighted by Gasteiger charge is 2.54. The Labute approximate surface area is 161 Å². The topological polar surface area (TPSA) is 49.9 Å². The Kier molecular flexibility index (Phi) is 4.79. The molecule has 2 amide bonds. The van der Waals surface area contributed by atoms with Crippen LogP contribution in [0.2, 0.25) is 5.02 Å². The molecule has 0 atom stereocenters. The van der Waals surface area contributed by atoms with Crippen molar-refractivity contribution in [2.75, 3.05) is 19.6 Å². The van der Waals surface area contributed by atoms with E-state index in [1.165, 1.54) is 0 Å². The smallest absolute Gasteiger partial charge is 0.410 e. The molecular weight excluding hydrogens is 408 g/mol. The molecule has 7 heteroatoms. The van der Waals surface area contributed by atoms with Gasteiger partial charge in [-0.2, -0.15) is 0 Å². The third kappa shape index (κ3) is 3.80. The Balaban J connectivity index is 1.75. The maximum Gasteiger partial charge on any atom is 0.410 e. The van der Waals surface area contributed by atoms with Crippen molar-refractivity contribution in [2.45, 2.75) is 44.8 Å². The van der Waals surface area contributed by atoms with Crippen LogP contribution in [-0.4, -0.2) is 52.6 Å². The Hall–Kier alpha value is -1.27. The van der Waals surface area contributed by atoms with E-state index in [2.05, 4.69) is 15.9 Å². The minimum Gasteiger partial charge on any atom is -0.444 e. The number of amides is 2. The van der Waals surface area contributed by atoms with Gasteiger partial charge in [0.1, 0.15) is 5.60 Å². The number of hydrogen-bond acceptors (Lipinski definition) is 3. The van der Waals surface area contributed by atoms with E-state index < -0.39 is 5.60 Å². The standard InChI is InChI=1S/C18H22BrClN2O3/c1-17(2,3)25-16(24)21-9-10-22(18(11-21)7-8-18)15(23)12-5-4-6-13(20)14(12)19/h4-6H,7-11H2,1-3H3. The minimum absolute atomic E-state index is 0.0456. The third-order valence-electron chi connectivity index (χ3n) is 4.56. The number of carbonyl (C=O) groups excluding carboxylic acids is 2. The highest BCUT2D eigenvalue weighted by Crippen LogP contribution is 2.45. The monoisotopic (exact) mass is 428 g/mol. The van der Waals surface area contributed by atoms with Crippen molar-refractivity contribution in [3.8, 4) is 0 Å². The normalized spacial score (nSPS) is 19.1. The van der Waals surface area contributed by atoms with Gasteiger partial charge < -0.3 is 14.5 Å². The second kappa shape index (κ2) is 6.47. The van der Waals surface area contributed by atoms with Crippen LogP contribution in [0.25, 0.3) is 0 Å². The number of piperazine rings is 1. The highest BCUT2D eigenvalue weighted by molar-refractivity contribution is 9.10. The second-order valence-electron chi connectivity index (χ2n) is 7.68. The first kappa shape index (κ1) is 18.5. The fourth-order valence-electron chi connectivity index (χ4n) is 3.16. The molecule has 2 aliphatic rings. The molecule has 0 unspecified atom stereocenters. The van der Waals surface area contributed by atoms with E-state index in [1.807, 2.05) is 25.7 Å². The Morgan fingerprint density at radius 3 is 2.52 bits per heavy atom. The molecule has 2 fully saturated rings. The van der Waals surface area contributed by atoms with Crippen LogP contribution in [0.4, 0.5) is 4.79 Å². The van der Waals surface area contributed by atoms with E-state index in [4.69, 9.17) is 16.3 Å². The maximum atomic E-state index is 13.0. The average molecular weight is 430 g/mol. The lowest BCUT2D eigenvalue weighted by Crippen LogP contribution is -2.58. The molecular formula is C18H22BrClN2O3. The second-order valence-corrected chi connectivity index (χ2v) is 8.88. The van der Waals surface area contributed by atoms with E-state index in [0.29, 0.717) is 34.7 Å². The Morgan fingerprint density at radius 2 is 1.92 bits per heavy atom. The average Bonchev–Trinajstić information content (AvgIpc) is 3.27. The van der Waals surface area contributed by atoms with E-state index in [-0.39, 0.29) is 17.5 Å². The number of rotatable bonds is 1. The van der Waals surface area contributed by atoms with Crippen LogP contribution in [0.15, 0.2) is 22.7 Å². The van der Waals surface area contributed by atoms with E-state index in [0.717, 1.165) is 12.8 Å². The minimum atomic E-state index is -0.521. The van der Waals surface area contributed by atoms with Gasteiger partial charge in [0.2, 0.25) is 0 Å². The summed E-state index contributed by atoms with van der Waals surface area (Å²) in [4.78, 5) is 29.0. The quantitative estimate of drug-likeness (QED) is 0.668. The van der Waals surface area contributed by atoms with E-state index in [1.54, 1.807) is 23.1 Å². The van der Waals surface area contributed by atoms with Gasteiger partial charge in [-0.05, 0) is 61.7 Å². The molecule has 1 aromatic carbocycles. The zero-order chi connectivity index (χ0) is 18.4. The van der Waals surface area contributed by atoms with Gasteiger partial charge in [-0.1, -0.05) is 17.7 Å². The first-order chi connectivity index (χ1) is 11.6. The third-order valence-corrected chi connectivity index (χ3v) is 5.95. The number of nitrogens with zero attached hydrogens (tertiary/aromatic N) is 2. The van der Waals surface area contributed by atoms with Gasteiger partial charge in [-0.25, -0.2) is 4.79 Å². The summed E-state index contributed by atoms with van der Waals surface area (Å²) in [7, 11) is 0. The fourth-order valence-corrected chi connectivity index (χ4v) is 3.77. The summed E-state index contributed by atoms with van der Waals surface area (Å²) in [6.45, 7) is 7.06. The summed E-state index contributed by atoms with van der Waals surface area (Å²) in [5.41, 5.74) is -0.232. The van der Waals surface area contributed by atoms with Crippen molar-refractivity contribution >= 4 is 39.5 Å². The molecule has 0 aromatic heterocycles. The molecule has 1 saturated heterocycles. The highest BCUT2D eigenvalue weighted by atomic mass is 79.9. The summed E-state index contributed by atoms with van der Waals surface area (Å²) >= 11 is 9.53. The van der Waals surface area contributed by atoms with Gasteiger partial charge in [0, 0.05) is 24.1 Å². The van der Waals surface area contributed by atoms with Crippen molar-refractivity contribution in [2.24, 2.45) is 0 Å². The van der Waals surface area contributed by atoms with Crippen LogP contribution in [-0.2, 0) is 4.74 Å². The number of benzene rings is 1. The predicted molar refractivity (Wildman–Crippen MR) is 100.0 cm³/mol.